The average molecular weight is 535 g/mol. The molecule has 0 fully saturated rings. The van der Waals surface area contributed by atoms with Crippen molar-refractivity contribution in [2.24, 2.45) is 5.41 Å². The quantitative estimate of drug-likeness (QED) is 0.252. The Morgan fingerprint density at radius 2 is 1.79 bits per heavy atom. The van der Waals surface area contributed by atoms with Crippen molar-refractivity contribution < 1.29 is 33.4 Å². The number of esters is 2. The number of aromatic nitrogens is 1. The summed E-state index contributed by atoms with van der Waals surface area (Å²) in [7, 11) is 1.23. The maximum Gasteiger partial charge on any atom is 0.330 e. The number of anilines is 1. The van der Waals surface area contributed by atoms with Crippen molar-refractivity contribution in [3.63, 3.8) is 0 Å². The third-order valence-electron chi connectivity index (χ3n) is 5.09. The minimum Gasteiger partial charge on any atom is -0.467 e. The van der Waals surface area contributed by atoms with Gasteiger partial charge in [-0.15, -0.1) is 0 Å². The third kappa shape index (κ3) is 11.8. The van der Waals surface area contributed by atoms with Crippen LogP contribution in [0.1, 0.15) is 53.9 Å². The van der Waals surface area contributed by atoms with E-state index in [2.05, 4.69) is 16.0 Å². The van der Waals surface area contributed by atoms with Crippen LogP contribution in [0.5, 0.6) is 0 Å². The van der Waals surface area contributed by atoms with Gasteiger partial charge in [0.05, 0.1) is 13.7 Å². The lowest BCUT2D eigenvalue weighted by Gasteiger charge is -2.25. The molecule has 0 radical (unpaired) electrons. The molecule has 0 saturated carbocycles. The first-order chi connectivity index (χ1) is 17.8. The number of hydrogen-bond donors (Lipinski definition) is 3. The maximum absolute atomic E-state index is 12.9. The van der Waals surface area contributed by atoms with E-state index in [0.717, 1.165) is 4.57 Å². The molecular formula is C26H38N4O8. The zero-order chi connectivity index (χ0) is 28.9. The van der Waals surface area contributed by atoms with Crippen molar-refractivity contribution in [3.05, 3.63) is 40.8 Å². The molecule has 3 amide bonds. The van der Waals surface area contributed by atoms with E-state index >= 15 is 0 Å². The van der Waals surface area contributed by atoms with Gasteiger partial charge >= 0.3 is 11.9 Å². The van der Waals surface area contributed by atoms with Crippen molar-refractivity contribution in [2.75, 3.05) is 19.0 Å². The number of ether oxygens (including phenoxy) is 2. The molecule has 1 heterocycles. The van der Waals surface area contributed by atoms with Crippen LogP contribution in [0.15, 0.2) is 35.3 Å². The number of methoxy groups -OCH3 is 1. The second-order valence-electron chi connectivity index (χ2n) is 9.74. The van der Waals surface area contributed by atoms with Gasteiger partial charge in [-0.1, -0.05) is 26.8 Å². The Bertz CT molecular complexity index is 1090. The molecule has 0 aliphatic heterocycles. The van der Waals surface area contributed by atoms with E-state index in [-0.39, 0.29) is 30.6 Å². The second-order valence-corrected chi connectivity index (χ2v) is 9.74. The number of amides is 3. The molecular weight excluding hydrogens is 496 g/mol. The summed E-state index contributed by atoms with van der Waals surface area (Å²) >= 11 is 0. The summed E-state index contributed by atoms with van der Waals surface area (Å²) in [6.45, 7) is 8.51. The number of carbonyl (C=O) groups is 5. The number of carbonyl (C=O) groups excluding carboxylic acids is 5. The predicted molar refractivity (Wildman–Crippen MR) is 140 cm³/mol. The van der Waals surface area contributed by atoms with E-state index < -0.39 is 53.8 Å². The molecule has 0 aromatic carbocycles. The first-order valence-electron chi connectivity index (χ1n) is 12.2. The van der Waals surface area contributed by atoms with Gasteiger partial charge in [0, 0.05) is 19.2 Å². The predicted octanol–water partition coefficient (Wildman–Crippen LogP) is 1.29. The minimum atomic E-state index is -0.978. The standard InChI is InChI=1S/C26H38N4O8/c1-7-38-22(33)13-9-8-11-18(27-17(2)31)23(34)29-19-12-10-14-30(24(19)35)16-21(32)28-20(25(36)37-6)15-26(3,4)5/h9-10,12-14,18,20H,7-8,11,15-16H2,1-6H3,(H,27,31)(H,28,32)(H,29,34)/b13-9+/t18?,20-/m0/s1. The second kappa shape index (κ2) is 15.3. The summed E-state index contributed by atoms with van der Waals surface area (Å²) in [5.74, 6) is -2.78. The van der Waals surface area contributed by atoms with Crippen LogP contribution in [0, 0.1) is 5.41 Å². The van der Waals surface area contributed by atoms with Crippen LogP contribution < -0.4 is 21.5 Å². The van der Waals surface area contributed by atoms with Gasteiger partial charge in [-0.05, 0) is 43.7 Å². The Kier molecular flexibility index (Phi) is 12.9. The molecule has 0 saturated heterocycles. The third-order valence-corrected chi connectivity index (χ3v) is 5.09. The molecule has 3 N–H and O–H groups in total. The molecule has 2 atom stereocenters. The van der Waals surface area contributed by atoms with Gasteiger partial charge in [-0.25, -0.2) is 9.59 Å². The number of rotatable bonds is 13. The average Bonchev–Trinajstić information content (AvgIpc) is 2.81. The zero-order valence-electron chi connectivity index (χ0n) is 22.8. The SMILES string of the molecule is CCOC(=O)/C=C/CCC(NC(C)=O)C(=O)Nc1cccn(CC(=O)N[C@@H](CC(C)(C)C)C(=O)OC)c1=O. The maximum atomic E-state index is 12.9. The molecule has 12 heteroatoms. The normalized spacial score (nSPS) is 12.8. The first kappa shape index (κ1) is 32.1. The Morgan fingerprint density at radius 3 is 2.37 bits per heavy atom. The molecule has 1 aromatic heterocycles. The van der Waals surface area contributed by atoms with Gasteiger partial charge in [-0.2, -0.15) is 0 Å². The molecule has 38 heavy (non-hydrogen) atoms. The highest BCUT2D eigenvalue weighted by molar-refractivity contribution is 5.96. The fraction of sp³-hybridized carbons (Fsp3) is 0.538. The van der Waals surface area contributed by atoms with Crippen LogP contribution >= 0.6 is 0 Å². The van der Waals surface area contributed by atoms with Gasteiger partial charge in [0.25, 0.3) is 5.56 Å². The van der Waals surface area contributed by atoms with E-state index in [0.29, 0.717) is 6.42 Å². The number of nitrogens with zero attached hydrogens (tertiary/aromatic N) is 1. The highest BCUT2D eigenvalue weighted by Gasteiger charge is 2.27. The Labute approximate surface area is 222 Å². The lowest BCUT2D eigenvalue weighted by molar-refractivity contribution is -0.146. The summed E-state index contributed by atoms with van der Waals surface area (Å²) in [5.41, 5.74) is -1.01. The lowest BCUT2D eigenvalue weighted by atomic mass is 9.88. The van der Waals surface area contributed by atoms with Gasteiger partial charge in [0.15, 0.2) is 0 Å². The Balaban J connectivity index is 2.94. The van der Waals surface area contributed by atoms with Gasteiger partial charge in [0.1, 0.15) is 24.3 Å². The molecule has 210 valence electrons. The van der Waals surface area contributed by atoms with Crippen molar-refractivity contribution in [2.45, 2.75) is 72.5 Å². The topological polar surface area (TPSA) is 162 Å². The molecule has 0 aliphatic rings. The van der Waals surface area contributed by atoms with Crippen molar-refractivity contribution in [1.29, 1.82) is 0 Å². The Morgan fingerprint density at radius 1 is 1.11 bits per heavy atom. The van der Waals surface area contributed by atoms with E-state index in [1.807, 2.05) is 20.8 Å². The summed E-state index contributed by atoms with van der Waals surface area (Å²) in [6, 6.07) is 0.986. The zero-order valence-corrected chi connectivity index (χ0v) is 22.8. The monoisotopic (exact) mass is 534 g/mol. The minimum absolute atomic E-state index is 0.0954. The molecule has 1 rings (SSSR count). The molecule has 0 bridgehead atoms. The smallest absolute Gasteiger partial charge is 0.330 e. The number of pyridine rings is 1. The van der Waals surface area contributed by atoms with Gasteiger partial charge < -0.3 is 30.0 Å². The van der Waals surface area contributed by atoms with Crippen LogP contribution in [0.25, 0.3) is 0 Å². The van der Waals surface area contributed by atoms with Crippen LogP contribution in [-0.4, -0.2) is 60.0 Å². The van der Waals surface area contributed by atoms with Crippen LogP contribution in [-0.2, 0) is 40.0 Å². The number of allylic oxidation sites excluding steroid dienone is 1. The van der Waals surface area contributed by atoms with Crippen molar-refractivity contribution >= 4 is 35.3 Å². The van der Waals surface area contributed by atoms with Crippen molar-refractivity contribution in [1.82, 2.24) is 15.2 Å². The largest absolute Gasteiger partial charge is 0.467 e. The van der Waals surface area contributed by atoms with Gasteiger partial charge in [-0.3, -0.25) is 19.2 Å². The highest BCUT2D eigenvalue weighted by Crippen LogP contribution is 2.21. The summed E-state index contributed by atoms with van der Waals surface area (Å²) in [6.07, 6.45) is 4.91. The molecule has 12 nitrogen and oxygen atoms in total. The molecule has 0 aliphatic carbocycles. The van der Waals surface area contributed by atoms with E-state index in [4.69, 9.17) is 9.47 Å². The van der Waals surface area contributed by atoms with E-state index in [1.165, 1.54) is 44.5 Å². The van der Waals surface area contributed by atoms with Crippen LogP contribution in [0.4, 0.5) is 5.69 Å². The molecule has 1 unspecified atom stereocenters. The summed E-state index contributed by atoms with van der Waals surface area (Å²) in [5, 5.41) is 7.61. The number of nitrogens with one attached hydrogen (secondary N) is 3. The fourth-order valence-electron chi connectivity index (χ4n) is 3.47. The van der Waals surface area contributed by atoms with E-state index in [1.54, 1.807) is 6.92 Å². The summed E-state index contributed by atoms with van der Waals surface area (Å²) < 4.78 is 10.7. The van der Waals surface area contributed by atoms with Crippen molar-refractivity contribution in [3.8, 4) is 0 Å². The fourth-order valence-corrected chi connectivity index (χ4v) is 3.47. The molecule has 1 aromatic rings. The lowest BCUT2D eigenvalue weighted by Crippen LogP contribution is -2.46. The van der Waals surface area contributed by atoms with Gasteiger partial charge in [0.2, 0.25) is 17.7 Å². The summed E-state index contributed by atoms with van der Waals surface area (Å²) in [4.78, 5) is 73.5. The first-order valence-corrected chi connectivity index (χ1v) is 12.2. The van der Waals surface area contributed by atoms with E-state index in [9.17, 15) is 28.8 Å². The highest BCUT2D eigenvalue weighted by atomic mass is 16.5. The molecule has 0 spiro atoms. The Hall–Kier alpha value is -3.96. The number of hydrogen-bond acceptors (Lipinski definition) is 8. The van der Waals surface area contributed by atoms with Crippen LogP contribution in [0.2, 0.25) is 0 Å². The van der Waals surface area contributed by atoms with Crippen LogP contribution in [0.3, 0.4) is 0 Å².